The van der Waals surface area contributed by atoms with Gasteiger partial charge >= 0.3 is 0 Å². The minimum atomic E-state index is -0.141. The van der Waals surface area contributed by atoms with E-state index in [1.165, 1.54) is 18.6 Å². The molecule has 0 aromatic heterocycles. The first-order valence-electron chi connectivity index (χ1n) is 9.71. The molecule has 2 aromatic rings. The van der Waals surface area contributed by atoms with E-state index >= 15 is 0 Å². The van der Waals surface area contributed by atoms with E-state index in [1.54, 1.807) is 30.3 Å². The molecule has 0 heterocycles. The lowest BCUT2D eigenvalue weighted by Crippen LogP contribution is -2.33. The number of carbonyl (C=O) groups excluding carboxylic acids is 2. The van der Waals surface area contributed by atoms with E-state index in [0.29, 0.717) is 23.6 Å². The highest BCUT2D eigenvalue weighted by Gasteiger charge is 2.21. The van der Waals surface area contributed by atoms with Crippen LogP contribution in [0.2, 0.25) is 0 Å². The number of ether oxygens (including phenoxy) is 1. The van der Waals surface area contributed by atoms with E-state index in [4.69, 9.17) is 10.5 Å². The van der Waals surface area contributed by atoms with Gasteiger partial charge in [-0.2, -0.15) is 0 Å². The van der Waals surface area contributed by atoms with Gasteiger partial charge in [0.25, 0.3) is 0 Å². The monoisotopic (exact) mass is 382 g/mol. The van der Waals surface area contributed by atoms with E-state index in [9.17, 15) is 14.7 Å². The molecular formula is C22H26N2O4. The zero-order chi connectivity index (χ0) is 19.9. The summed E-state index contributed by atoms with van der Waals surface area (Å²) in [4.78, 5) is 24.7. The summed E-state index contributed by atoms with van der Waals surface area (Å²) in [6, 6.07) is 11.3. The lowest BCUT2D eigenvalue weighted by molar-refractivity contribution is -0.125. The van der Waals surface area contributed by atoms with Gasteiger partial charge in [0, 0.05) is 24.4 Å². The van der Waals surface area contributed by atoms with Crippen molar-refractivity contribution in [2.75, 3.05) is 12.3 Å². The molecule has 0 radical (unpaired) electrons. The quantitative estimate of drug-likeness (QED) is 0.496. The van der Waals surface area contributed by atoms with Crippen LogP contribution in [0, 0.1) is 5.92 Å². The highest BCUT2D eigenvalue weighted by atomic mass is 16.5. The van der Waals surface area contributed by atoms with Crippen LogP contribution in [0.15, 0.2) is 42.5 Å². The van der Waals surface area contributed by atoms with Gasteiger partial charge in [0.15, 0.2) is 11.5 Å². The smallest absolute Gasteiger partial charge is 0.223 e. The van der Waals surface area contributed by atoms with Crippen LogP contribution in [0.25, 0.3) is 0 Å². The maximum atomic E-state index is 12.6. The zero-order valence-corrected chi connectivity index (χ0v) is 15.8. The van der Waals surface area contributed by atoms with Crippen molar-refractivity contribution in [2.24, 2.45) is 5.92 Å². The van der Waals surface area contributed by atoms with E-state index in [-0.39, 0.29) is 35.5 Å². The molecule has 6 nitrogen and oxygen atoms in total. The van der Waals surface area contributed by atoms with E-state index in [1.807, 2.05) is 0 Å². The summed E-state index contributed by atoms with van der Waals surface area (Å²) < 4.78 is 5.72. The normalized spacial score (nSPS) is 14.4. The van der Waals surface area contributed by atoms with E-state index < -0.39 is 0 Å². The van der Waals surface area contributed by atoms with E-state index in [0.717, 1.165) is 25.7 Å². The minimum Gasteiger partial charge on any atom is -0.508 e. The lowest BCUT2D eigenvalue weighted by Gasteiger charge is -2.20. The first-order chi connectivity index (χ1) is 13.5. The predicted molar refractivity (Wildman–Crippen MR) is 108 cm³/mol. The highest BCUT2D eigenvalue weighted by molar-refractivity contribution is 6.02. The Morgan fingerprint density at radius 3 is 2.50 bits per heavy atom. The first kappa shape index (κ1) is 19.7. The van der Waals surface area contributed by atoms with Crippen molar-refractivity contribution < 1.29 is 19.4 Å². The Balaban J connectivity index is 1.57. The number of amides is 1. The van der Waals surface area contributed by atoms with Crippen LogP contribution >= 0.6 is 0 Å². The second-order valence-corrected chi connectivity index (χ2v) is 7.11. The molecule has 6 heteroatoms. The van der Waals surface area contributed by atoms with E-state index in [2.05, 4.69) is 5.32 Å². The number of phenolic OH excluding ortho intramolecular Hbond substituents is 1. The molecule has 1 aliphatic carbocycles. The van der Waals surface area contributed by atoms with Gasteiger partial charge in [-0.1, -0.05) is 25.3 Å². The van der Waals surface area contributed by atoms with Gasteiger partial charge in [-0.15, -0.1) is 0 Å². The SMILES string of the molecule is Nc1c(Oc2ccc(O)cc2)cccc1C(=O)CCNC(=O)C1CCCCC1. The number of carbonyl (C=O) groups is 2. The number of hydrogen-bond acceptors (Lipinski definition) is 5. The molecule has 0 spiro atoms. The molecule has 28 heavy (non-hydrogen) atoms. The standard InChI is InChI=1S/C22H26N2O4/c23-21-18(7-4-8-20(21)28-17-11-9-16(25)10-12-17)19(26)13-14-24-22(27)15-5-2-1-3-6-15/h4,7-12,15,25H,1-3,5-6,13-14,23H2,(H,24,27). The minimum absolute atomic E-state index is 0.0462. The number of anilines is 1. The number of nitrogens with one attached hydrogen (secondary N) is 1. The first-order valence-corrected chi connectivity index (χ1v) is 9.71. The summed E-state index contributed by atoms with van der Waals surface area (Å²) in [5, 5.41) is 12.2. The number of rotatable bonds is 7. The molecule has 3 rings (SSSR count). The molecule has 1 aliphatic rings. The van der Waals surface area contributed by atoms with Gasteiger partial charge in [0.05, 0.1) is 5.69 Å². The van der Waals surface area contributed by atoms with Crippen LogP contribution in [0.4, 0.5) is 5.69 Å². The summed E-state index contributed by atoms with van der Waals surface area (Å²) >= 11 is 0. The largest absolute Gasteiger partial charge is 0.508 e. The number of benzene rings is 2. The second-order valence-electron chi connectivity index (χ2n) is 7.11. The molecule has 0 saturated heterocycles. The fourth-order valence-corrected chi connectivity index (χ4v) is 3.46. The fraction of sp³-hybridized carbons (Fsp3) is 0.364. The van der Waals surface area contributed by atoms with Crippen LogP contribution < -0.4 is 15.8 Å². The zero-order valence-electron chi connectivity index (χ0n) is 15.8. The van der Waals surface area contributed by atoms with Crippen molar-refractivity contribution in [3.8, 4) is 17.2 Å². The van der Waals surface area contributed by atoms with Crippen molar-refractivity contribution >= 4 is 17.4 Å². The van der Waals surface area contributed by atoms with Gasteiger partial charge in [0.2, 0.25) is 5.91 Å². The highest BCUT2D eigenvalue weighted by Crippen LogP contribution is 2.31. The van der Waals surface area contributed by atoms with Crippen molar-refractivity contribution in [3.63, 3.8) is 0 Å². The number of ketones is 1. The van der Waals surface area contributed by atoms with Crippen LogP contribution in [-0.4, -0.2) is 23.3 Å². The Labute approximate surface area is 164 Å². The molecule has 148 valence electrons. The van der Waals surface area contributed by atoms with Gasteiger partial charge < -0.3 is 20.9 Å². The molecule has 0 atom stereocenters. The van der Waals surface area contributed by atoms with Crippen molar-refractivity contribution in [1.29, 1.82) is 0 Å². The molecule has 4 N–H and O–H groups in total. The Bertz CT molecular complexity index is 827. The summed E-state index contributed by atoms with van der Waals surface area (Å²) in [5.74, 6) is 1.01. The Kier molecular flexibility index (Phi) is 6.53. The molecule has 0 aliphatic heterocycles. The number of hydrogen-bond donors (Lipinski definition) is 3. The molecule has 0 bridgehead atoms. The lowest BCUT2D eigenvalue weighted by atomic mass is 9.88. The molecule has 2 aromatic carbocycles. The third-order valence-corrected chi connectivity index (χ3v) is 5.06. The average Bonchev–Trinajstić information content (AvgIpc) is 2.71. The number of aromatic hydroxyl groups is 1. The maximum absolute atomic E-state index is 12.6. The van der Waals surface area contributed by atoms with Gasteiger partial charge in [-0.3, -0.25) is 9.59 Å². The molecule has 1 saturated carbocycles. The second kappa shape index (κ2) is 9.26. The summed E-state index contributed by atoms with van der Waals surface area (Å²) in [5.41, 5.74) is 6.77. The van der Waals surface area contributed by atoms with Crippen LogP contribution in [-0.2, 0) is 4.79 Å². The third kappa shape index (κ3) is 5.03. The molecule has 1 fully saturated rings. The molecule has 1 amide bonds. The van der Waals surface area contributed by atoms with Gasteiger partial charge in [0.1, 0.15) is 11.5 Å². The van der Waals surface area contributed by atoms with Crippen LogP contribution in [0.5, 0.6) is 17.2 Å². The summed E-state index contributed by atoms with van der Waals surface area (Å²) in [7, 11) is 0. The number of para-hydroxylation sites is 1. The van der Waals surface area contributed by atoms with Gasteiger partial charge in [-0.05, 0) is 49.2 Å². The number of Topliss-reactive ketones (excluding diaryl/α,β-unsaturated/α-hetero) is 1. The maximum Gasteiger partial charge on any atom is 0.223 e. The van der Waals surface area contributed by atoms with Crippen LogP contribution in [0.1, 0.15) is 48.9 Å². The van der Waals surface area contributed by atoms with Crippen LogP contribution in [0.3, 0.4) is 0 Å². The van der Waals surface area contributed by atoms with Crippen molar-refractivity contribution in [1.82, 2.24) is 5.32 Å². The third-order valence-electron chi connectivity index (χ3n) is 5.06. The Hall–Kier alpha value is -3.02. The number of nitrogens with two attached hydrogens (primary N) is 1. The van der Waals surface area contributed by atoms with Crippen molar-refractivity contribution in [2.45, 2.75) is 38.5 Å². The predicted octanol–water partition coefficient (Wildman–Crippen LogP) is 4.04. The van der Waals surface area contributed by atoms with Gasteiger partial charge in [-0.25, -0.2) is 0 Å². The topological polar surface area (TPSA) is 102 Å². The Morgan fingerprint density at radius 2 is 1.79 bits per heavy atom. The van der Waals surface area contributed by atoms with Crippen molar-refractivity contribution in [3.05, 3.63) is 48.0 Å². The summed E-state index contributed by atoms with van der Waals surface area (Å²) in [6.45, 7) is 0.302. The fourth-order valence-electron chi connectivity index (χ4n) is 3.46. The summed E-state index contributed by atoms with van der Waals surface area (Å²) in [6.07, 6.45) is 5.45. The number of phenols is 1. The Morgan fingerprint density at radius 1 is 1.07 bits per heavy atom. The molecule has 0 unspecified atom stereocenters. The average molecular weight is 382 g/mol. The number of nitrogen functional groups attached to an aromatic ring is 1. The molecular weight excluding hydrogens is 356 g/mol.